The Morgan fingerprint density at radius 1 is 1.21 bits per heavy atom. The molecule has 1 aromatic rings. The van der Waals surface area contributed by atoms with E-state index < -0.39 is 15.3 Å². The number of carbonyl (C=O) groups is 2. The number of amides is 2. The number of benzene rings is 1. The summed E-state index contributed by atoms with van der Waals surface area (Å²) >= 11 is 0. The maximum absolute atomic E-state index is 12.9. The number of hydrogen-bond donors (Lipinski definition) is 0. The minimum absolute atomic E-state index is 0.0666. The number of hydrogen-bond acceptors (Lipinski definition) is 5. The Morgan fingerprint density at radius 2 is 1.93 bits per heavy atom. The first kappa shape index (κ1) is 20.6. The van der Waals surface area contributed by atoms with Gasteiger partial charge in [0, 0.05) is 39.3 Å². The van der Waals surface area contributed by atoms with E-state index in [4.69, 9.17) is 4.74 Å². The van der Waals surface area contributed by atoms with Crippen molar-refractivity contribution in [3.8, 4) is 5.75 Å². The molecule has 0 radical (unpaired) electrons. The van der Waals surface area contributed by atoms with Gasteiger partial charge in [0.2, 0.25) is 15.9 Å². The van der Waals surface area contributed by atoms with E-state index in [1.165, 1.54) is 9.21 Å². The van der Waals surface area contributed by atoms with E-state index in [2.05, 4.69) is 0 Å². The van der Waals surface area contributed by atoms with E-state index in [0.29, 0.717) is 43.8 Å². The Bertz CT molecular complexity index is 855. The molecule has 2 aliphatic rings. The third-order valence-electron chi connectivity index (χ3n) is 5.57. The molecule has 0 bridgehead atoms. The molecular formula is C19H27N3O5S. The normalized spacial score (nSPS) is 24.3. The molecule has 1 aromatic carbocycles. The van der Waals surface area contributed by atoms with Crippen LogP contribution in [0.4, 0.5) is 0 Å². The highest BCUT2D eigenvalue weighted by molar-refractivity contribution is 7.90. The first-order valence-electron chi connectivity index (χ1n) is 9.36. The average Bonchev–Trinajstić information content (AvgIpc) is 2.81. The van der Waals surface area contributed by atoms with E-state index in [1.54, 1.807) is 50.4 Å². The summed E-state index contributed by atoms with van der Waals surface area (Å²) in [5, 5.41) is -0.537. The third-order valence-corrected chi connectivity index (χ3v) is 7.96. The van der Waals surface area contributed by atoms with Crippen LogP contribution in [0.3, 0.4) is 0 Å². The molecule has 2 fully saturated rings. The fourth-order valence-corrected chi connectivity index (χ4v) is 6.07. The van der Waals surface area contributed by atoms with Gasteiger partial charge in [0.05, 0.1) is 18.9 Å². The summed E-state index contributed by atoms with van der Waals surface area (Å²) in [6.45, 7) is 1.11. The fraction of sp³-hybridized carbons (Fsp3) is 0.579. The molecule has 2 amide bonds. The lowest BCUT2D eigenvalue weighted by atomic mass is 10.0. The SMILES string of the molecule is COc1cccc(C(=O)N2CC[C@@H]3CN(CC(=O)N(C)C)S(=O)(=O)[C@@H]3CC2)c1. The molecule has 0 saturated carbocycles. The van der Waals surface area contributed by atoms with Crippen LogP contribution in [0, 0.1) is 5.92 Å². The topological polar surface area (TPSA) is 87.2 Å². The highest BCUT2D eigenvalue weighted by Crippen LogP contribution is 2.34. The summed E-state index contributed by atoms with van der Waals surface area (Å²) in [6, 6.07) is 6.98. The van der Waals surface area contributed by atoms with Crippen LogP contribution in [0.15, 0.2) is 24.3 Å². The van der Waals surface area contributed by atoms with Crippen molar-refractivity contribution >= 4 is 21.8 Å². The lowest BCUT2D eigenvalue weighted by Crippen LogP contribution is -2.39. The van der Waals surface area contributed by atoms with Crippen molar-refractivity contribution in [2.75, 3.05) is 47.4 Å². The average molecular weight is 410 g/mol. The number of sulfonamides is 1. The van der Waals surface area contributed by atoms with Gasteiger partial charge >= 0.3 is 0 Å². The van der Waals surface area contributed by atoms with Gasteiger partial charge in [-0.1, -0.05) is 6.07 Å². The molecule has 28 heavy (non-hydrogen) atoms. The zero-order valence-electron chi connectivity index (χ0n) is 16.5. The van der Waals surface area contributed by atoms with Gasteiger partial charge < -0.3 is 14.5 Å². The molecule has 3 rings (SSSR count). The number of likely N-dealkylation sites (N-methyl/N-ethyl adjacent to an activating group) is 1. The van der Waals surface area contributed by atoms with Crippen LogP contribution >= 0.6 is 0 Å². The fourth-order valence-electron chi connectivity index (χ4n) is 3.88. The Balaban J connectivity index is 1.70. The lowest BCUT2D eigenvalue weighted by Gasteiger charge is -2.22. The maximum atomic E-state index is 12.9. The summed E-state index contributed by atoms with van der Waals surface area (Å²) < 4.78 is 32.3. The molecule has 0 spiro atoms. The number of fused-ring (bicyclic) bond motifs is 1. The van der Waals surface area contributed by atoms with Crippen molar-refractivity contribution in [1.82, 2.24) is 14.1 Å². The summed E-state index contributed by atoms with van der Waals surface area (Å²) in [6.07, 6.45) is 0.988. The molecule has 2 aliphatic heterocycles. The molecule has 0 unspecified atom stereocenters. The van der Waals surface area contributed by atoms with E-state index in [1.807, 2.05) is 0 Å². The third kappa shape index (κ3) is 4.00. The van der Waals surface area contributed by atoms with Gasteiger partial charge in [0.1, 0.15) is 5.75 Å². The Kier molecular flexibility index (Phi) is 5.95. The Hall–Kier alpha value is -2.13. The quantitative estimate of drug-likeness (QED) is 0.729. The minimum Gasteiger partial charge on any atom is -0.497 e. The van der Waals surface area contributed by atoms with Gasteiger partial charge in [-0.25, -0.2) is 8.42 Å². The van der Waals surface area contributed by atoms with E-state index in [0.717, 1.165) is 0 Å². The van der Waals surface area contributed by atoms with Crippen molar-refractivity contribution in [2.24, 2.45) is 5.92 Å². The van der Waals surface area contributed by atoms with Crippen LogP contribution in [0.25, 0.3) is 0 Å². The van der Waals surface area contributed by atoms with Gasteiger partial charge in [-0.2, -0.15) is 4.31 Å². The summed E-state index contributed by atoms with van der Waals surface area (Å²) in [7, 11) is 1.25. The van der Waals surface area contributed by atoms with Gasteiger partial charge in [0.25, 0.3) is 5.91 Å². The monoisotopic (exact) mass is 409 g/mol. The van der Waals surface area contributed by atoms with Crippen molar-refractivity contribution in [2.45, 2.75) is 18.1 Å². The lowest BCUT2D eigenvalue weighted by molar-refractivity contribution is -0.128. The molecular weight excluding hydrogens is 382 g/mol. The smallest absolute Gasteiger partial charge is 0.253 e. The molecule has 2 saturated heterocycles. The van der Waals surface area contributed by atoms with Crippen molar-refractivity contribution in [3.63, 3.8) is 0 Å². The molecule has 0 N–H and O–H groups in total. The predicted octanol–water partition coefficient (Wildman–Crippen LogP) is 0.650. The van der Waals surface area contributed by atoms with Gasteiger partial charge in [-0.05, 0) is 37.0 Å². The van der Waals surface area contributed by atoms with Crippen LogP contribution in [-0.4, -0.2) is 87.0 Å². The van der Waals surface area contributed by atoms with Gasteiger partial charge in [0.15, 0.2) is 0 Å². The molecule has 0 aromatic heterocycles. The van der Waals surface area contributed by atoms with Crippen LogP contribution in [0.2, 0.25) is 0 Å². The van der Waals surface area contributed by atoms with E-state index in [9.17, 15) is 18.0 Å². The van der Waals surface area contributed by atoms with Crippen LogP contribution in [0.5, 0.6) is 5.75 Å². The first-order chi connectivity index (χ1) is 13.2. The maximum Gasteiger partial charge on any atom is 0.253 e. The number of nitrogens with zero attached hydrogens (tertiary/aromatic N) is 3. The van der Waals surface area contributed by atoms with E-state index in [-0.39, 0.29) is 24.3 Å². The molecule has 2 heterocycles. The summed E-state index contributed by atoms with van der Waals surface area (Å²) in [4.78, 5) is 27.9. The van der Waals surface area contributed by atoms with Crippen molar-refractivity contribution in [3.05, 3.63) is 29.8 Å². The molecule has 9 heteroatoms. The second-order valence-electron chi connectivity index (χ2n) is 7.53. The number of rotatable bonds is 4. The Morgan fingerprint density at radius 3 is 2.61 bits per heavy atom. The molecule has 8 nitrogen and oxygen atoms in total. The predicted molar refractivity (Wildman–Crippen MR) is 105 cm³/mol. The zero-order chi connectivity index (χ0) is 20.5. The van der Waals surface area contributed by atoms with Crippen molar-refractivity contribution in [1.29, 1.82) is 0 Å². The number of carbonyl (C=O) groups excluding carboxylic acids is 2. The number of ether oxygens (including phenoxy) is 1. The van der Waals surface area contributed by atoms with E-state index >= 15 is 0 Å². The highest BCUT2D eigenvalue weighted by atomic mass is 32.2. The largest absolute Gasteiger partial charge is 0.497 e. The first-order valence-corrected chi connectivity index (χ1v) is 10.9. The summed E-state index contributed by atoms with van der Waals surface area (Å²) in [5.41, 5.74) is 0.535. The molecule has 154 valence electrons. The molecule has 0 aliphatic carbocycles. The number of methoxy groups -OCH3 is 1. The summed E-state index contributed by atoms with van der Waals surface area (Å²) in [5.74, 6) is 0.204. The van der Waals surface area contributed by atoms with Gasteiger partial charge in [-0.15, -0.1) is 0 Å². The number of likely N-dealkylation sites (tertiary alicyclic amines) is 1. The zero-order valence-corrected chi connectivity index (χ0v) is 17.3. The minimum atomic E-state index is -3.54. The van der Waals surface area contributed by atoms with Gasteiger partial charge in [-0.3, -0.25) is 9.59 Å². The molecule has 2 atom stereocenters. The van der Waals surface area contributed by atoms with Crippen LogP contribution in [-0.2, 0) is 14.8 Å². The second-order valence-corrected chi connectivity index (χ2v) is 9.68. The van der Waals surface area contributed by atoms with Crippen LogP contribution < -0.4 is 4.74 Å². The standard InChI is InChI=1S/C19H27N3O5S/c1-20(2)18(23)13-22-12-15-7-9-21(10-8-17(15)28(22,25)26)19(24)14-5-4-6-16(11-14)27-3/h4-6,11,15,17H,7-10,12-13H2,1-3H3/t15-,17-/m1/s1. The van der Waals surface area contributed by atoms with Crippen molar-refractivity contribution < 1.29 is 22.7 Å². The second kappa shape index (κ2) is 8.08. The Labute approximate surface area is 166 Å². The van der Waals surface area contributed by atoms with Crippen LogP contribution in [0.1, 0.15) is 23.2 Å². The highest BCUT2D eigenvalue weighted by Gasteiger charge is 2.47.